The van der Waals surface area contributed by atoms with Gasteiger partial charge in [-0.05, 0) is 19.7 Å². The molecule has 0 aliphatic carbocycles. The Labute approximate surface area is 84.0 Å². The van der Waals surface area contributed by atoms with Gasteiger partial charge in [0.2, 0.25) is 0 Å². The largest absolute Gasteiger partial charge is 0.481 e. The van der Waals surface area contributed by atoms with E-state index in [9.17, 15) is 4.79 Å². The molecule has 0 saturated carbocycles. The van der Waals surface area contributed by atoms with Gasteiger partial charge >= 0.3 is 5.97 Å². The molecule has 1 rings (SSSR count). The lowest BCUT2D eigenvalue weighted by Crippen LogP contribution is -2.22. The Morgan fingerprint density at radius 1 is 1.36 bits per heavy atom. The fraction of sp³-hybridized carbons (Fsp3) is 0.364. The Bertz CT molecular complexity index is 295. The van der Waals surface area contributed by atoms with E-state index in [1.54, 1.807) is 0 Å². The van der Waals surface area contributed by atoms with Crippen molar-refractivity contribution in [3.63, 3.8) is 0 Å². The van der Waals surface area contributed by atoms with Gasteiger partial charge in [-0.15, -0.1) is 0 Å². The summed E-state index contributed by atoms with van der Waals surface area (Å²) >= 11 is 0. The molecule has 0 aromatic heterocycles. The van der Waals surface area contributed by atoms with E-state index in [2.05, 4.69) is 0 Å². The van der Waals surface area contributed by atoms with Gasteiger partial charge in [-0.2, -0.15) is 0 Å². The Balaban J connectivity index is 2.83. The van der Waals surface area contributed by atoms with Crippen LogP contribution in [0.3, 0.4) is 0 Å². The maximum absolute atomic E-state index is 10.7. The molecule has 1 aromatic rings. The summed E-state index contributed by atoms with van der Waals surface area (Å²) in [4.78, 5) is 12.6. The van der Waals surface area contributed by atoms with Crippen LogP contribution in [0.15, 0.2) is 30.3 Å². The van der Waals surface area contributed by atoms with Crippen LogP contribution in [0.25, 0.3) is 0 Å². The van der Waals surface area contributed by atoms with E-state index >= 15 is 0 Å². The monoisotopic (exact) mass is 193 g/mol. The molecule has 0 amide bonds. The lowest BCUT2D eigenvalue weighted by Gasteiger charge is -2.22. The third kappa shape index (κ3) is 2.85. The van der Waals surface area contributed by atoms with Crippen molar-refractivity contribution in [2.45, 2.75) is 12.5 Å². The van der Waals surface area contributed by atoms with Crippen LogP contribution in [0.4, 0.5) is 0 Å². The molecule has 0 heterocycles. The molecule has 0 spiro atoms. The Morgan fingerprint density at radius 2 is 1.93 bits per heavy atom. The molecule has 3 nitrogen and oxygen atoms in total. The van der Waals surface area contributed by atoms with Crippen molar-refractivity contribution in [1.29, 1.82) is 0 Å². The van der Waals surface area contributed by atoms with Crippen molar-refractivity contribution in [3.05, 3.63) is 35.9 Å². The summed E-state index contributed by atoms with van der Waals surface area (Å²) in [5, 5.41) is 8.77. The summed E-state index contributed by atoms with van der Waals surface area (Å²) in [6, 6.07) is 9.63. The first-order valence-corrected chi connectivity index (χ1v) is 4.54. The van der Waals surface area contributed by atoms with E-state index in [0.717, 1.165) is 5.56 Å². The van der Waals surface area contributed by atoms with E-state index in [0.29, 0.717) is 0 Å². The van der Waals surface area contributed by atoms with Crippen LogP contribution < -0.4 is 0 Å². The van der Waals surface area contributed by atoms with Gasteiger partial charge < -0.3 is 10.0 Å². The van der Waals surface area contributed by atoms with Crippen molar-refractivity contribution in [3.8, 4) is 0 Å². The zero-order valence-electron chi connectivity index (χ0n) is 8.47. The third-order valence-electron chi connectivity index (χ3n) is 2.18. The van der Waals surface area contributed by atoms with Crippen LogP contribution in [0, 0.1) is 0 Å². The molecule has 0 saturated heterocycles. The maximum atomic E-state index is 10.7. The molecule has 14 heavy (non-hydrogen) atoms. The average molecular weight is 193 g/mol. The highest BCUT2D eigenvalue weighted by Crippen LogP contribution is 2.21. The molecule has 1 unspecified atom stereocenters. The minimum absolute atomic E-state index is 0.0475. The average Bonchev–Trinajstić information content (AvgIpc) is 2.15. The van der Waals surface area contributed by atoms with Crippen molar-refractivity contribution < 1.29 is 9.90 Å². The van der Waals surface area contributed by atoms with Crippen molar-refractivity contribution in [2.24, 2.45) is 0 Å². The summed E-state index contributed by atoms with van der Waals surface area (Å²) in [7, 11) is 3.78. The molecule has 0 aliphatic rings. The number of carboxylic acid groups (broad SMARTS) is 1. The van der Waals surface area contributed by atoms with Gasteiger partial charge in [-0.1, -0.05) is 30.3 Å². The van der Waals surface area contributed by atoms with Crippen LogP contribution in [0.1, 0.15) is 18.0 Å². The molecule has 0 aliphatic heterocycles. The van der Waals surface area contributed by atoms with Crippen LogP contribution in [-0.2, 0) is 4.79 Å². The Kier molecular flexibility index (Phi) is 3.65. The molecular weight excluding hydrogens is 178 g/mol. The normalized spacial score (nSPS) is 12.8. The van der Waals surface area contributed by atoms with Crippen LogP contribution >= 0.6 is 0 Å². The van der Waals surface area contributed by atoms with Gasteiger partial charge in [-0.25, -0.2) is 0 Å². The highest BCUT2D eigenvalue weighted by molar-refractivity contribution is 5.67. The summed E-state index contributed by atoms with van der Waals surface area (Å²) in [6.07, 6.45) is 0.136. The second-order valence-electron chi connectivity index (χ2n) is 3.49. The van der Waals surface area contributed by atoms with Crippen LogP contribution in [0.2, 0.25) is 0 Å². The highest BCUT2D eigenvalue weighted by Gasteiger charge is 2.16. The van der Waals surface area contributed by atoms with Crippen LogP contribution in [0.5, 0.6) is 0 Å². The van der Waals surface area contributed by atoms with Crippen molar-refractivity contribution >= 4 is 5.97 Å². The number of carbonyl (C=O) groups is 1. The van der Waals surface area contributed by atoms with Gasteiger partial charge in [0, 0.05) is 6.04 Å². The molecule has 3 heteroatoms. The van der Waals surface area contributed by atoms with Gasteiger partial charge in [0.25, 0.3) is 0 Å². The van der Waals surface area contributed by atoms with Gasteiger partial charge in [-0.3, -0.25) is 4.79 Å². The summed E-state index contributed by atoms with van der Waals surface area (Å²) in [5.41, 5.74) is 1.04. The topological polar surface area (TPSA) is 40.5 Å². The fourth-order valence-corrected chi connectivity index (χ4v) is 1.44. The predicted molar refractivity (Wildman–Crippen MR) is 55.1 cm³/mol. The predicted octanol–water partition coefficient (Wildman–Crippen LogP) is 1.76. The van der Waals surface area contributed by atoms with E-state index in [1.165, 1.54) is 0 Å². The van der Waals surface area contributed by atoms with Crippen molar-refractivity contribution in [2.75, 3.05) is 14.1 Å². The quantitative estimate of drug-likeness (QED) is 0.792. The molecule has 1 aromatic carbocycles. The molecule has 1 N–H and O–H groups in total. The third-order valence-corrected chi connectivity index (χ3v) is 2.18. The van der Waals surface area contributed by atoms with E-state index in [1.807, 2.05) is 49.3 Å². The second kappa shape index (κ2) is 4.77. The SMILES string of the molecule is CN(C)C(CC(=O)O)c1ccccc1. The molecular formula is C11H15NO2. The first kappa shape index (κ1) is 10.7. The van der Waals surface area contributed by atoms with Crippen molar-refractivity contribution in [1.82, 2.24) is 4.90 Å². The number of carboxylic acids is 1. The second-order valence-corrected chi connectivity index (χ2v) is 3.49. The van der Waals surface area contributed by atoms with E-state index < -0.39 is 5.97 Å². The number of hydrogen-bond acceptors (Lipinski definition) is 2. The smallest absolute Gasteiger partial charge is 0.305 e. The number of hydrogen-bond donors (Lipinski definition) is 1. The van der Waals surface area contributed by atoms with Gasteiger partial charge in [0.1, 0.15) is 0 Å². The molecule has 0 bridgehead atoms. The minimum Gasteiger partial charge on any atom is -0.481 e. The Morgan fingerprint density at radius 3 is 2.36 bits per heavy atom. The van der Waals surface area contributed by atoms with Gasteiger partial charge in [0.05, 0.1) is 6.42 Å². The minimum atomic E-state index is -0.771. The Hall–Kier alpha value is -1.35. The first-order chi connectivity index (χ1) is 6.61. The summed E-state index contributed by atoms with van der Waals surface area (Å²) in [5.74, 6) is -0.771. The lowest BCUT2D eigenvalue weighted by atomic mass is 10.0. The highest BCUT2D eigenvalue weighted by atomic mass is 16.4. The standard InChI is InChI=1S/C11H15NO2/c1-12(2)10(8-11(13)14)9-6-4-3-5-7-9/h3-7,10H,8H2,1-2H3,(H,13,14). The summed E-state index contributed by atoms with van der Waals surface area (Å²) in [6.45, 7) is 0. The molecule has 0 fully saturated rings. The molecule has 1 atom stereocenters. The van der Waals surface area contributed by atoms with Crippen LogP contribution in [-0.4, -0.2) is 30.1 Å². The van der Waals surface area contributed by atoms with Gasteiger partial charge in [0.15, 0.2) is 0 Å². The summed E-state index contributed by atoms with van der Waals surface area (Å²) < 4.78 is 0. The number of aliphatic carboxylic acids is 1. The maximum Gasteiger partial charge on any atom is 0.305 e. The molecule has 76 valence electrons. The number of rotatable bonds is 4. The zero-order chi connectivity index (χ0) is 10.6. The lowest BCUT2D eigenvalue weighted by molar-refractivity contribution is -0.138. The zero-order valence-corrected chi connectivity index (χ0v) is 8.47. The number of benzene rings is 1. The fourth-order valence-electron chi connectivity index (χ4n) is 1.44. The number of nitrogens with zero attached hydrogens (tertiary/aromatic N) is 1. The molecule has 0 radical (unpaired) electrons. The first-order valence-electron chi connectivity index (χ1n) is 4.54. The van der Waals surface area contributed by atoms with E-state index in [4.69, 9.17) is 5.11 Å². The van der Waals surface area contributed by atoms with E-state index in [-0.39, 0.29) is 12.5 Å².